The molecule has 0 radical (unpaired) electrons. The maximum absolute atomic E-state index is 12.0. The summed E-state index contributed by atoms with van der Waals surface area (Å²) in [5.41, 5.74) is 1.28. The third-order valence-corrected chi connectivity index (χ3v) is 4.84. The van der Waals surface area contributed by atoms with Gasteiger partial charge in [-0.25, -0.2) is 4.98 Å². The number of nitrogens with one attached hydrogen (secondary N) is 1. The highest BCUT2D eigenvalue weighted by Crippen LogP contribution is 2.17. The molecule has 1 fully saturated rings. The van der Waals surface area contributed by atoms with Crippen LogP contribution in [-0.4, -0.2) is 48.5 Å². The normalized spacial score (nSPS) is 15.6. The molecule has 2 aromatic rings. The van der Waals surface area contributed by atoms with Crippen LogP contribution in [0.3, 0.4) is 0 Å². The van der Waals surface area contributed by atoms with Crippen LogP contribution in [0, 0.1) is 6.92 Å². The Morgan fingerprint density at radius 3 is 2.61 bits per heavy atom. The van der Waals surface area contributed by atoms with Gasteiger partial charge in [0.05, 0.1) is 0 Å². The molecule has 122 valence electrons. The number of para-hydroxylation sites is 1. The predicted molar refractivity (Wildman–Crippen MR) is 95.2 cm³/mol. The molecule has 1 N–H and O–H groups in total. The maximum Gasteiger partial charge on any atom is 0.227 e. The van der Waals surface area contributed by atoms with Crippen molar-refractivity contribution in [3.8, 4) is 0 Å². The minimum atomic E-state index is 0.0461. The molecule has 0 atom stereocenters. The van der Waals surface area contributed by atoms with Gasteiger partial charge in [0.15, 0.2) is 5.13 Å². The first-order valence-corrected chi connectivity index (χ1v) is 8.77. The van der Waals surface area contributed by atoms with Crippen LogP contribution in [0.15, 0.2) is 36.5 Å². The number of nitrogens with zero attached hydrogens (tertiary/aromatic N) is 3. The van der Waals surface area contributed by atoms with Crippen LogP contribution in [0.4, 0.5) is 10.8 Å². The molecule has 0 saturated carbocycles. The summed E-state index contributed by atoms with van der Waals surface area (Å²) in [6.45, 7) is 6.81. The number of anilines is 2. The van der Waals surface area contributed by atoms with Crippen LogP contribution in [0.2, 0.25) is 0 Å². The van der Waals surface area contributed by atoms with Crippen LogP contribution in [0.1, 0.15) is 11.3 Å². The largest absolute Gasteiger partial charge is 0.369 e. The van der Waals surface area contributed by atoms with Crippen molar-refractivity contribution in [2.45, 2.75) is 13.3 Å². The summed E-state index contributed by atoms with van der Waals surface area (Å²) >= 11 is 1.51. The highest BCUT2D eigenvalue weighted by atomic mass is 32.1. The zero-order valence-electron chi connectivity index (χ0n) is 13.4. The summed E-state index contributed by atoms with van der Waals surface area (Å²) < 4.78 is 0. The lowest BCUT2D eigenvalue weighted by Gasteiger charge is -2.36. The van der Waals surface area contributed by atoms with Crippen LogP contribution in [-0.2, 0) is 4.79 Å². The fraction of sp³-hybridized carbons (Fsp3) is 0.412. The standard InChI is InChI=1S/C17H22N4OS/c1-14-13-18-17(23-14)19-16(22)7-8-20-9-11-21(12-10-20)15-5-3-2-4-6-15/h2-6,13H,7-12H2,1H3,(H,18,19,22). The lowest BCUT2D eigenvalue weighted by molar-refractivity contribution is -0.116. The molecule has 23 heavy (non-hydrogen) atoms. The predicted octanol–water partition coefficient (Wildman–Crippen LogP) is 2.60. The number of carbonyl (C=O) groups excluding carboxylic acids is 1. The number of hydrogen-bond acceptors (Lipinski definition) is 5. The molecular weight excluding hydrogens is 308 g/mol. The number of amides is 1. The number of hydrogen-bond donors (Lipinski definition) is 1. The van der Waals surface area contributed by atoms with Gasteiger partial charge in [-0.1, -0.05) is 18.2 Å². The third-order valence-electron chi connectivity index (χ3n) is 4.02. The van der Waals surface area contributed by atoms with Gasteiger partial charge in [-0.15, -0.1) is 11.3 Å². The first-order chi connectivity index (χ1) is 11.2. The van der Waals surface area contributed by atoms with E-state index in [9.17, 15) is 4.79 Å². The Kier molecular flexibility index (Phi) is 5.25. The van der Waals surface area contributed by atoms with Crippen molar-refractivity contribution in [2.24, 2.45) is 0 Å². The van der Waals surface area contributed by atoms with Gasteiger partial charge >= 0.3 is 0 Å². The van der Waals surface area contributed by atoms with E-state index < -0.39 is 0 Å². The molecule has 0 unspecified atom stereocenters. The Morgan fingerprint density at radius 1 is 1.22 bits per heavy atom. The first-order valence-electron chi connectivity index (χ1n) is 7.95. The van der Waals surface area contributed by atoms with Gasteiger partial charge in [-0.2, -0.15) is 0 Å². The number of benzene rings is 1. The van der Waals surface area contributed by atoms with E-state index in [1.807, 2.05) is 13.0 Å². The summed E-state index contributed by atoms with van der Waals surface area (Å²) in [5.74, 6) is 0.0461. The van der Waals surface area contributed by atoms with E-state index in [1.54, 1.807) is 6.20 Å². The van der Waals surface area contributed by atoms with Crippen molar-refractivity contribution in [3.63, 3.8) is 0 Å². The van der Waals surface area contributed by atoms with E-state index in [4.69, 9.17) is 0 Å². The second-order valence-corrected chi connectivity index (χ2v) is 6.97. The summed E-state index contributed by atoms with van der Waals surface area (Å²) in [5, 5.41) is 3.56. The third kappa shape index (κ3) is 4.53. The van der Waals surface area contributed by atoms with Crippen LogP contribution >= 0.6 is 11.3 Å². The van der Waals surface area contributed by atoms with Gasteiger partial charge in [-0.05, 0) is 19.1 Å². The van der Waals surface area contributed by atoms with Gasteiger partial charge < -0.3 is 10.2 Å². The summed E-state index contributed by atoms with van der Waals surface area (Å²) in [4.78, 5) is 22.0. The number of rotatable bonds is 5. The highest BCUT2D eigenvalue weighted by molar-refractivity contribution is 7.15. The quantitative estimate of drug-likeness (QED) is 0.915. The molecule has 0 spiro atoms. The van der Waals surface area contributed by atoms with Crippen molar-refractivity contribution in [2.75, 3.05) is 42.9 Å². The molecule has 1 aromatic heterocycles. The molecule has 6 heteroatoms. The number of carbonyl (C=O) groups is 1. The van der Waals surface area contributed by atoms with Gasteiger partial charge in [0.2, 0.25) is 5.91 Å². The molecule has 1 amide bonds. The summed E-state index contributed by atoms with van der Waals surface area (Å²) in [6, 6.07) is 10.5. The van der Waals surface area contributed by atoms with Crippen molar-refractivity contribution in [1.29, 1.82) is 0 Å². The Labute approximate surface area is 140 Å². The minimum absolute atomic E-state index is 0.0461. The lowest BCUT2D eigenvalue weighted by atomic mass is 10.2. The zero-order chi connectivity index (χ0) is 16.1. The second kappa shape index (κ2) is 7.57. The van der Waals surface area contributed by atoms with Gasteiger partial charge in [0.25, 0.3) is 0 Å². The molecule has 1 aliphatic rings. The first kappa shape index (κ1) is 16.0. The topological polar surface area (TPSA) is 48.5 Å². The Morgan fingerprint density at radius 2 is 1.96 bits per heavy atom. The van der Waals surface area contributed by atoms with Crippen LogP contribution < -0.4 is 10.2 Å². The van der Waals surface area contributed by atoms with Gasteiger partial charge in [0, 0.05) is 55.9 Å². The fourth-order valence-electron chi connectivity index (χ4n) is 2.72. The van der Waals surface area contributed by atoms with Crippen LogP contribution in [0.5, 0.6) is 0 Å². The molecule has 1 aliphatic heterocycles. The molecular formula is C17H22N4OS. The van der Waals surface area contributed by atoms with E-state index in [0.717, 1.165) is 37.6 Å². The number of aromatic nitrogens is 1. The summed E-state index contributed by atoms with van der Waals surface area (Å²) in [7, 11) is 0. The lowest BCUT2D eigenvalue weighted by Crippen LogP contribution is -2.47. The molecule has 1 aromatic carbocycles. The molecule has 2 heterocycles. The summed E-state index contributed by atoms with van der Waals surface area (Å²) in [6.07, 6.45) is 2.30. The molecule has 0 bridgehead atoms. The average molecular weight is 330 g/mol. The highest BCUT2D eigenvalue weighted by Gasteiger charge is 2.17. The molecule has 1 saturated heterocycles. The maximum atomic E-state index is 12.0. The molecule has 0 aliphatic carbocycles. The number of aryl methyl sites for hydroxylation is 1. The average Bonchev–Trinajstić information content (AvgIpc) is 2.99. The van der Waals surface area contributed by atoms with E-state index in [0.29, 0.717) is 11.6 Å². The van der Waals surface area contributed by atoms with E-state index in [2.05, 4.69) is 44.4 Å². The van der Waals surface area contributed by atoms with E-state index in [-0.39, 0.29) is 5.91 Å². The SMILES string of the molecule is Cc1cnc(NC(=O)CCN2CCN(c3ccccc3)CC2)s1. The molecule has 3 rings (SSSR count). The van der Waals surface area contributed by atoms with E-state index in [1.165, 1.54) is 17.0 Å². The van der Waals surface area contributed by atoms with Crippen molar-refractivity contribution < 1.29 is 4.79 Å². The van der Waals surface area contributed by atoms with Crippen LogP contribution in [0.25, 0.3) is 0 Å². The van der Waals surface area contributed by atoms with Gasteiger partial charge in [0.1, 0.15) is 0 Å². The zero-order valence-corrected chi connectivity index (χ0v) is 14.2. The Bertz CT molecular complexity index is 635. The smallest absolute Gasteiger partial charge is 0.227 e. The fourth-order valence-corrected chi connectivity index (χ4v) is 3.40. The minimum Gasteiger partial charge on any atom is -0.369 e. The number of piperazine rings is 1. The van der Waals surface area contributed by atoms with Crippen molar-refractivity contribution >= 4 is 28.1 Å². The van der Waals surface area contributed by atoms with Crippen molar-refractivity contribution in [1.82, 2.24) is 9.88 Å². The van der Waals surface area contributed by atoms with Gasteiger partial charge in [-0.3, -0.25) is 9.69 Å². The Hall–Kier alpha value is -1.92. The molecule has 5 nitrogen and oxygen atoms in total. The Balaban J connectivity index is 1.40. The van der Waals surface area contributed by atoms with E-state index >= 15 is 0 Å². The second-order valence-electron chi connectivity index (χ2n) is 5.74. The number of thiazole rings is 1. The monoisotopic (exact) mass is 330 g/mol. The van der Waals surface area contributed by atoms with Crippen molar-refractivity contribution in [3.05, 3.63) is 41.4 Å².